The summed E-state index contributed by atoms with van der Waals surface area (Å²) in [4.78, 5) is 9.59. The van der Waals surface area contributed by atoms with E-state index in [0.29, 0.717) is 12.0 Å². The van der Waals surface area contributed by atoms with E-state index >= 15 is 0 Å². The molecule has 0 atom stereocenters. The topological polar surface area (TPSA) is 39.9 Å². The van der Waals surface area contributed by atoms with Crippen molar-refractivity contribution in [3.05, 3.63) is 24.2 Å². The maximum absolute atomic E-state index is 5.54. The van der Waals surface area contributed by atoms with Crippen molar-refractivity contribution >= 4 is 22.9 Å². The Bertz CT molecular complexity index is 615. The lowest BCUT2D eigenvalue weighted by molar-refractivity contribution is 0.0694. The van der Waals surface area contributed by atoms with Crippen LogP contribution < -0.4 is 0 Å². The third-order valence-electron chi connectivity index (χ3n) is 4.62. The van der Waals surface area contributed by atoms with Crippen molar-refractivity contribution in [1.29, 1.82) is 0 Å². The molecule has 0 amide bonds. The highest BCUT2D eigenvalue weighted by Crippen LogP contribution is 2.36. The molecule has 0 N–H and O–H groups in total. The van der Waals surface area contributed by atoms with E-state index in [1.807, 2.05) is 12.3 Å². The average molecular weight is 303 g/mol. The molecule has 2 saturated heterocycles. The molecule has 2 aliphatic heterocycles. The highest BCUT2D eigenvalue weighted by Gasteiger charge is 2.27. The minimum absolute atomic E-state index is 0.503. The van der Waals surface area contributed by atoms with Gasteiger partial charge in [0.25, 0.3) is 0 Å². The molecular formula is C16H21N3OS. The van der Waals surface area contributed by atoms with Crippen LogP contribution in [-0.4, -0.2) is 39.3 Å². The lowest BCUT2D eigenvalue weighted by Gasteiger charge is -2.28. The summed E-state index contributed by atoms with van der Waals surface area (Å²) in [6.07, 6.45) is 6.54. The largest absolute Gasteiger partial charge is 0.381 e. The molecular weight excluding hydrogens is 282 g/mol. The van der Waals surface area contributed by atoms with Gasteiger partial charge in [-0.15, -0.1) is 0 Å². The molecule has 5 heteroatoms. The Morgan fingerprint density at radius 3 is 2.76 bits per heavy atom. The van der Waals surface area contributed by atoms with Gasteiger partial charge in [-0.3, -0.25) is 0 Å². The van der Waals surface area contributed by atoms with Crippen LogP contribution in [0.1, 0.15) is 43.5 Å². The summed E-state index contributed by atoms with van der Waals surface area (Å²) in [7, 11) is 0. The van der Waals surface area contributed by atoms with E-state index in [1.165, 1.54) is 30.2 Å². The molecule has 2 fully saturated rings. The first kappa shape index (κ1) is 13.6. The summed E-state index contributed by atoms with van der Waals surface area (Å²) in [5.74, 6) is 4.39. The third kappa shape index (κ3) is 2.57. The Balaban J connectivity index is 1.79. The second-order valence-electron chi connectivity index (χ2n) is 5.92. The van der Waals surface area contributed by atoms with Crippen LogP contribution >= 0.6 is 11.8 Å². The molecule has 0 bridgehead atoms. The first-order valence-electron chi connectivity index (χ1n) is 7.92. The first-order chi connectivity index (χ1) is 10.4. The van der Waals surface area contributed by atoms with Crippen LogP contribution in [0.2, 0.25) is 0 Å². The molecule has 0 aromatic carbocycles. The number of hydrogen-bond donors (Lipinski definition) is 0. The number of imidazole rings is 1. The zero-order valence-electron chi connectivity index (χ0n) is 12.2. The minimum atomic E-state index is 0.503. The maximum atomic E-state index is 5.54. The Labute approximate surface area is 129 Å². The van der Waals surface area contributed by atoms with Gasteiger partial charge < -0.3 is 9.30 Å². The van der Waals surface area contributed by atoms with Crippen molar-refractivity contribution < 1.29 is 4.74 Å². The van der Waals surface area contributed by atoms with Crippen molar-refractivity contribution in [2.24, 2.45) is 0 Å². The molecule has 2 aromatic rings. The maximum Gasteiger partial charge on any atom is 0.160 e. The van der Waals surface area contributed by atoms with Crippen LogP contribution in [0.15, 0.2) is 18.3 Å². The molecule has 4 heterocycles. The van der Waals surface area contributed by atoms with E-state index in [-0.39, 0.29) is 0 Å². The minimum Gasteiger partial charge on any atom is -0.381 e. The molecule has 0 spiro atoms. The van der Waals surface area contributed by atoms with Gasteiger partial charge in [0, 0.05) is 31.4 Å². The lowest BCUT2D eigenvalue weighted by Crippen LogP contribution is -2.23. The number of ether oxygens (including phenoxy) is 1. The second-order valence-corrected chi connectivity index (χ2v) is 7.14. The number of thioether (sulfide) groups is 1. The van der Waals surface area contributed by atoms with Gasteiger partial charge >= 0.3 is 0 Å². The Hall–Kier alpha value is -1.07. The zero-order chi connectivity index (χ0) is 14.1. The fraction of sp³-hybridized carbons (Fsp3) is 0.625. The smallest absolute Gasteiger partial charge is 0.160 e. The van der Waals surface area contributed by atoms with Crippen LogP contribution in [0, 0.1) is 0 Å². The highest BCUT2D eigenvalue weighted by molar-refractivity contribution is 7.99. The summed E-state index contributed by atoms with van der Waals surface area (Å²) >= 11 is 2.07. The standard InChI is InChI=1S/C16H21N3OS/c1-2-14-16(17-7-1)19(13-3-8-20-9-4-13)15(18-14)12-5-10-21-11-6-12/h1-2,7,12-13H,3-6,8-11H2. The van der Waals surface area contributed by atoms with Crippen LogP contribution in [0.5, 0.6) is 0 Å². The van der Waals surface area contributed by atoms with Gasteiger partial charge in [0.05, 0.1) is 0 Å². The van der Waals surface area contributed by atoms with Crippen molar-refractivity contribution in [3.8, 4) is 0 Å². The Morgan fingerprint density at radius 2 is 1.95 bits per heavy atom. The van der Waals surface area contributed by atoms with E-state index in [2.05, 4.69) is 27.4 Å². The number of fused-ring (bicyclic) bond motifs is 1. The molecule has 0 radical (unpaired) electrons. The first-order valence-corrected chi connectivity index (χ1v) is 9.07. The molecule has 0 aliphatic carbocycles. The second kappa shape index (κ2) is 5.97. The summed E-state index contributed by atoms with van der Waals surface area (Å²) in [5, 5.41) is 0. The van der Waals surface area contributed by atoms with Crippen molar-refractivity contribution in [2.45, 2.75) is 37.6 Å². The predicted octanol–water partition coefficient (Wildman–Crippen LogP) is 3.39. The molecule has 0 saturated carbocycles. The van der Waals surface area contributed by atoms with E-state index in [0.717, 1.165) is 37.2 Å². The van der Waals surface area contributed by atoms with Gasteiger partial charge in [-0.05, 0) is 49.3 Å². The molecule has 4 nitrogen and oxygen atoms in total. The molecule has 21 heavy (non-hydrogen) atoms. The molecule has 0 unspecified atom stereocenters. The Morgan fingerprint density at radius 1 is 1.14 bits per heavy atom. The van der Waals surface area contributed by atoms with Gasteiger partial charge in [-0.25, -0.2) is 9.97 Å². The normalized spacial score (nSPS) is 21.9. The van der Waals surface area contributed by atoms with Crippen LogP contribution in [0.25, 0.3) is 11.2 Å². The van der Waals surface area contributed by atoms with E-state index in [9.17, 15) is 0 Å². The molecule has 4 rings (SSSR count). The zero-order valence-corrected chi connectivity index (χ0v) is 13.0. The fourth-order valence-electron chi connectivity index (χ4n) is 3.49. The molecule has 112 valence electrons. The van der Waals surface area contributed by atoms with Crippen molar-refractivity contribution in [3.63, 3.8) is 0 Å². The summed E-state index contributed by atoms with van der Waals surface area (Å²) in [6, 6.07) is 4.59. The number of nitrogens with zero attached hydrogens (tertiary/aromatic N) is 3. The highest BCUT2D eigenvalue weighted by atomic mass is 32.2. The summed E-state index contributed by atoms with van der Waals surface area (Å²) in [6.45, 7) is 1.72. The lowest BCUT2D eigenvalue weighted by atomic mass is 10.0. The van der Waals surface area contributed by atoms with Gasteiger partial charge in [0.2, 0.25) is 0 Å². The SMILES string of the molecule is c1cnc2c(c1)nc(C1CCSCC1)n2C1CCOCC1. The average Bonchev–Trinajstić information content (AvgIpc) is 2.96. The van der Waals surface area contributed by atoms with Gasteiger partial charge in [0.15, 0.2) is 5.65 Å². The van der Waals surface area contributed by atoms with Gasteiger partial charge in [-0.2, -0.15) is 11.8 Å². The quantitative estimate of drug-likeness (QED) is 0.852. The molecule has 2 aliphatic rings. The van der Waals surface area contributed by atoms with Crippen LogP contribution in [-0.2, 0) is 4.74 Å². The Kier molecular flexibility index (Phi) is 3.86. The number of rotatable bonds is 2. The number of hydrogen-bond acceptors (Lipinski definition) is 4. The molecule has 2 aromatic heterocycles. The third-order valence-corrected chi connectivity index (χ3v) is 5.67. The van der Waals surface area contributed by atoms with Crippen LogP contribution in [0.3, 0.4) is 0 Å². The monoisotopic (exact) mass is 303 g/mol. The van der Waals surface area contributed by atoms with E-state index < -0.39 is 0 Å². The van der Waals surface area contributed by atoms with Crippen LogP contribution in [0.4, 0.5) is 0 Å². The van der Waals surface area contributed by atoms with Crippen molar-refractivity contribution in [2.75, 3.05) is 24.7 Å². The van der Waals surface area contributed by atoms with E-state index in [1.54, 1.807) is 0 Å². The van der Waals surface area contributed by atoms with Gasteiger partial charge in [-0.1, -0.05) is 0 Å². The fourth-order valence-corrected chi connectivity index (χ4v) is 4.60. The summed E-state index contributed by atoms with van der Waals surface area (Å²) < 4.78 is 7.98. The van der Waals surface area contributed by atoms with Crippen molar-refractivity contribution in [1.82, 2.24) is 14.5 Å². The number of aromatic nitrogens is 3. The van der Waals surface area contributed by atoms with Gasteiger partial charge in [0.1, 0.15) is 11.3 Å². The predicted molar refractivity (Wildman–Crippen MR) is 85.9 cm³/mol. The summed E-state index contributed by atoms with van der Waals surface area (Å²) in [5.41, 5.74) is 2.12. The van der Waals surface area contributed by atoms with E-state index in [4.69, 9.17) is 9.72 Å². The number of pyridine rings is 1.